The lowest BCUT2D eigenvalue weighted by atomic mass is 10.1. The van der Waals surface area contributed by atoms with Crippen LogP contribution in [0.3, 0.4) is 0 Å². The number of halogens is 2. The Hall–Kier alpha value is -0.930. The Morgan fingerprint density at radius 3 is 2.53 bits per heavy atom. The van der Waals surface area contributed by atoms with Crippen LogP contribution in [0.4, 0.5) is 0 Å². The zero-order valence-electron chi connectivity index (χ0n) is 9.17. The van der Waals surface area contributed by atoms with Gasteiger partial charge in [-0.3, -0.25) is 4.79 Å². The smallest absolute Gasteiger partial charge is 0.165 e. The van der Waals surface area contributed by atoms with Gasteiger partial charge in [0.2, 0.25) is 0 Å². The first kappa shape index (κ1) is 12.5. The van der Waals surface area contributed by atoms with Crippen LogP contribution in [-0.4, -0.2) is 24.9 Å². The van der Waals surface area contributed by atoms with Crippen LogP contribution in [0, 0.1) is 0 Å². The molecule has 17 heavy (non-hydrogen) atoms. The first-order valence-corrected chi connectivity index (χ1v) is 6.32. The predicted molar refractivity (Wildman–Crippen MR) is 66.7 cm³/mol. The van der Waals surface area contributed by atoms with E-state index in [1.807, 2.05) is 0 Å². The van der Waals surface area contributed by atoms with Gasteiger partial charge in [-0.05, 0) is 6.07 Å². The van der Waals surface area contributed by atoms with Crippen LogP contribution in [0.1, 0.15) is 23.2 Å². The van der Waals surface area contributed by atoms with Crippen molar-refractivity contribution in [2.24, 2.45) is 0 Å². The molecule has 1 heterocycles. The number of fused-ring (bicyclic) bond motifs is 1. The molecule has 3 nitrogen and oxygen atoms in total. The van der Waals surface area contributed by atoms with Gasteiger partial charge in [0.25, 0.3) is 0 Å². The van der Waals surface area contributed by atoms with Gasteiger partial charge in [0.05, 0.1) is 18.2 Å². The minimum atomic E-state index is -0.0827. The van der Waals surface area contributed by atoms with Crippen LogP contribution in [0.25, 0.3) is 0 Å². The van der Waals surface area contributed by atoms with Crippen molar-refractivity contribution in [1.29, 1.82) is 0 Å². The van der Waals surface area contributed by atoms with Crippen molar-refractivity contribution < 1.29 is 14.3 Å². The second kappa shape index (κ2) is 5.61. The van der Waals surface area contributed by atoms with Crippen LogP contribution in [0.2, 0.25) is 5.02 Å². The van der Waals surface area contributed by atoms with Gasteiger partial charge < -0.3 is 9.47 Å². The number of rotatable bonds is 3. The molecule has 0 amide bonds. The summed E-state index contributed by atoms with van der Waals surface area (Å²) in [7, 11) is 0. The van der Waals surface area contributed by atoms with E-state index in [0.717, 1.165) is 6.42 Å². The van der Waals surface area contributed by atoms with Gasteiger partial charge in [-0.2, -0.15) is 0 Å². The molecule has 1 aromatic rings. The van der Waals surface area contributed by atoms with E-state index in [9.17, 15) is 4.79 Å². The van der Waals surface area contributed by atoms with Crippen LogP contribution in [0.15, 0.2) is 12.1 Å². The van der Waals surface area contributed by atoms with Gasteiger partial charge in [0, 0.05) is 30.4 Å². The Balaban J connectivity index is 2.35. The van der Waals surface area contributed by atoms with Crippen LogP contribution in [0.5, 0.6) is 11.5 Å². The topological polar surface area (TPSA) is 35.5 Å². The van der Waals surface area contributed by atoms with Gasteiger partial charge in [0.1, 0.15) is 0 Å². The lowest BCUT2D eigenvalue weighted by Crippen LogP contribution is -2.02. The quantitative estimate of drug-likeness (QED) is 0.627. The summed E-state index contributed by atoms with van der Waals surface area (Å²) in [5.41, 5.74) is 0.441. The maximum absolute atomic E-state index is 11.8. The highest BCUT2D eigenvalue weighted by molar-refractivity contribution is 6.34. The van der Waals surface area contributed by atoms with Gasteiger partial charge in [-0.1, -0.05) is 11.6 Å². The molecule has 1 aliphatic rings. The monoisotopic (exact) mass is 274 g/mol. The molecule has 2 rings (SSSR count). The third-order valence-electron chi connectivity index (χ3n) is 2.46. The van der Waals surface area contributed by atoms with Crippen LogP contribution in [-0.2, 0) is 0 Å². The minimum Gasteiger partial charge on any atom is -0.490 e. The third-order valence-corrected chi connectivity index (χ3v) is 2.96. The molecular weight excluding hydrogens is 263 g/mol. The minimum absolute atomic E-state index is 0.0827. The number of carbonyl (C=O) groups excluding carboxylic acids is 1. The molecule has 0 aromatic heterocycles. The van der Waals surface area contributed by atoms with Gasteiger partial charge in [0.15, 0.2) is 17.3 Å². The second-order valence-electron chi connectivity index (χ2n) is 3.69. The van der Waals surface area contributed by atoms with Crippen LogP contribution >= 0.6 is 23.2 Å². The molecular formula is C12H12Cl2O3. The summed E-state index contributed by atoms with van der Waals surface area (Å²) in [5.74, 6) is 1.37. The third kappa shape index (κ3) is 2.85. The fourth-order valence-electron chi connectivity index (χ4n) is 1.62. The highest BCUT2D eigenvalue weighted by Crippen LogP contribution is 2.35. The maximum Gasteiger partial charge on any atom is 0.165 e. The summed E-state index contributed by atoms with van der Waals surface area (Å²) in [6.07, 6.45) is 1.08. The lowest BCUT2D eigenvalue weighted by Gasteiger charge is -2.10. The number of Topliss-reactive ketones (excluding diaryl/α,β-unsaturated/α-hetero) is 1. The zero-order chi connectivity index (χ0) is 12.3. The van der Waals surface area contributed by atoms with Crippen LogP contribution < -0.4 is 9.47 Å². The van der Waals surface area contributed by atoms with Crippen molar-refractivity contribution in [3.05, 3.63) is 22.7 Å². The molecule has 0 fully saturated rings. The Morgan fingerprint density at radius 1 is 1.24 bits per heavy atom. The Morgan fingerprint density at radius 2 is 1.88 bits per heavy atom. The van der Waals surface area contributed by atoms with E-state index in [4.69, 9.17) is 32.7 Å². The summed E-state index contributed by atoms with van der Waals surface area (Å²) < 4.78 is 11.0. The Bertz CT molecular complexity index is 432. The zero-order valence-corrected chi connectivity index (χ0v) is 10.7. The van der Waals surface area contributed by atoms with E-state index < -0.39 is 0 Å². The molecule has 1 aliphatic heterocycles. The van der Waals surface area contributed by atoms with E-state index in [1.165, 1.54) is 0 Å². The van der Waals surface area contributed by atoms with Gasteiger partial charge in [-0.15, -0.1) is 11.6 Å². The van der Waals surface area contributed by atoms with E-state index in [2.05, 4.69) is 0 Å². The Labute approximate surface area is 110 Å². The SMILES string of the molecule is O=C(CCCl)c1cc2c(cc1Cl)OCCCO2. The summed E-state index contributed by atoms with van der Waals surface area (Å²) >= 11 is 11.6. The Kier molecular flexibility index (Phi) is 4.13. The fraction of sp³-hybridized carbons (Fsp3) is 0.417. The average Bonchev–Trinajstić information content (AvgIpc) is 2.52. The van der Waals surface area contributed by atoms with Gasteiger partial charge >= 0.3 is 0 Å². The largest absolute Gasteiger partial charge is 0.490 e. The van der Waals surface area contributed by atoms with Crippen molar-refractivity contribution in [3.8, 4) is 11.5 Å². The highest BCUT2D eigenvalue weighted by atomic mass is 35.5. The molecule has 0 bridgehead atoms. The van der Waals surface area contributed by atoms with Crippen molar-refractivity contribution in [1.82, 2.24) is 0 Å². The molecule has 0 saturated heterocycles. The number of ether oxygens (including phenoxy) is 2. The molecule has 1 aromatic carbocycles. The number of carbonyl (C=O) groups is 1. The summed E-state index contributed by atoms with van der Waals surface area (Å²) in [5, 5.41) is 0.379. The number of ketones is 1. The normalized spacial score (nSPS) is 14.2. The fourth-order valence-corrected chi connectivity index (χ4v) is 2.05. The lowest BCUT2D eigenvalue weighted by molar-refractivity contribution is 0.0989. The molecule has 0 atom stereocenters. The number of hydrogen-bond acceptors (Lipinski definition) is 3. The molecule has 5 heteroatoms. The van der Waals surface area contributed by atoms with E-state index in [-0.39, 0.29) is 18.1 Å². The number of benzene rings is 1. The number of hydrogen-bond donors (Lipinski definition) is 0. The molecule has 0 radical (unpaired) electrons. The standard InChI is InChI=1S/C12H12Cl2O3/c13-3-2-10(15)8-6-11-12(7-9(8)14)17-5-1-4-16-11/h6-7H,1-5H2. The first-order chi connectivity index (χ1) is 8.22. The van der Waals surface area contributed by atoms with E-state index in [1.54, 1.807) is 12.1 Å². The molecule has 0 unspecified atom stereocenters. The molecule has 92 valence electrons. The highest BCUT2D eigenvalue weighted by Gasteiger charge is 2.17. The predicted octanol–water partition coefficient (Wildman–Crippen LogP) is 3.31. The van der Waals surface area contributed by atoms with Crippen molar-refractivity contribution in [3.63, 3.8) is 0 Å². The summed E-state index contributed by atoms with van der Waals surface area (Å²) in [4.78, 5) is 11.8. The molecule has 0 spiro atoms. The first-order valence-electron chi connectivity index (χ1n) is 5.40. The van der Waals surface area contributed by atoms with Crippen molar-refractivity contribution >= 4 is 29.0 Å². The van der Waals surface area contributed by atoms with E-state index >= 15 is 0 Å². The molecule has 0 N–H and O–H groups in total. The summed E-state index contributed by atoms with van der Waals surface area (Å²) in [6, 6.07) is 3.27. The second-order valence-corrected chi connectivity index (χ2v) is 4.48. The number of alkyl halides is 1. The maximum atomic E-state index is 11.8. The van der Waals surface area contributed by atoms with Crippen molar-refractivity contribution in [2.75, 3.05) is 19.1 Å². The molecule has 0 aliphatic carbocycles. The van der Waals surface area contributed by atoms with Gasteiger partial charge in [-0.25, -0.2) is 0 Å². The van der Waals surface area contributed by atoms with Crippen molar-refractivity contribution in [2.45, 2.75) is 12.8 Å². The average molecular weight is 275 g/mol. The summed E-state index contributed by atoms with van der Waals surface area (Å²) in [6.45, 7) is 1.18. The van der Waals surface area contributed by atoms with E-state index in [0.29, 0.717) is 35.3 Å². The molecule has 0 saturated carbocycles.